The molecule has 1 saturated heterocycles. The molecule has 2 heterocycles. The summed E-state index contributed by atoms with van der Waals surface area (Å²) in [6.07, 6.45) is 2.24. The number of nitrogens with one attached hydrogen (secondary N) is 1. The van der Waals surface area contributed by atoms with Gasteiger partial charge < -0.3 is 15.2 Å². The summed E-state index contributed by atoms with van der Waals surface area (Å²) in [5, 5.41) is 12.9. The fourth-order valence-corrected chi connectivity index (χ4v) is 3.75. The number of hydrogen-bond acceptors (Lipinski definition) is 4. The Morgan fingerprint density at radius 1 is 1.52 bits per heavy atom. The molecule has 112 valence electrons. The molecule has 1 aliphatic rings. The number of ether oxygens (including phenoxy) is 1. The molecule has 0 bridgehead atoms. The summed E-state index contributed by atoms with van der Waals surface area (Å²) in [6, 6.07) is 4.72. The van der Waals surface area contributed by atoms with Crippen molar-refractivity contribution < 1.29 is 19.0 Å². The van der Waals surface area contributed by atoms with E-state index >= 15 is 0 Å². The molecule has 6 heteroatoms. The van der Waals surface area contributed by atoms with Crippen molar-refractivity contribution in [2.75, 3.05) is 13.2 Å². The lowest BCUT2D eigenvalue weighted by molar-refractivity contribution is 0.0701. The smallest absolute Gasteiger partial charge is 0.346 e. The number of rotatable bonds is 5. The van der Waals surface area contributed by atoms with Crippen molar-refractivity contribution in [3.63, 3.8) is 0 Å². The summed E-state index contributed by atoms with van der Waals surface area (Å²) in [6.45, 7) is 1.77. The minimum absolute atomic E-state index is 0.174. The Hall–Kier alpha value is -1.50. The zero-order chi connectivity index (χ0) is 14.8. The second-order valence-corrected chi connectivity index (χ2v) is 6.15. The van der Waals surface area contributed by atoms with Gasteiger partial charge in [0.1, 0.15) is 10.7 Å². The van der Waals surface area contributed by atoms with Gasteiger partial charge in [-0.05, 0) is 25.0 Å². The van der Waals surface area contributed by atoms with Crippen LogP contribution < -0.4 is 5.32 Å². The number of thiophene rings is 1. The van der Waals surface area contributed by atoms with Gasteiger partial charge in [-0.3, -0.25) is 0 Å². The van der Waals surface area contributed by atoms with Gasteiger partial charge in [-0.15, -0.1) is 11.3 Å². The normalized spacial score (nSPS) is 18.4. The van der Waals surface area contributed by atoms with Gasteiger partial charge in [0.2, 0.25) is 0 Å². The van der Waals surface area contributed by atoms with Gasteiger partial charge in [0, 0.05) is 35.3 Å². The first-order valence-corrected chi connectivity index (χ1v) is 7.74. The average molecular weight is 309 g/mol. The van der Waals surface area contributed by atoms with Gasteiger partial charge in [-0.25, -0.2) is 9.18 Å². The van der Waals surface area contributed by atoms with E-state index in [1.54, 1.807) is 12.1 Å². The van der Waals surface area contributed by atoms with Gasteiger partial charge in [-0.2, -0.15) is 0 Å². The van der Waals surface area contributed by atoms with Crippen molar-refractivity contribution in [3.05, 3.63) is 34.5 Å². The first kappa shape index (κ1) is 14.4. The summed E-state index contributed by atoms with van der Waals surface area (Å²) in [7, 11) is 0. The molecular weight excluding hydrogens is 293 g/mol. The van der Waals surface area contributed by atoms with Gasteiger partial charge in [-0.1, -0.05) is 6.07 Å². The molecule has 0 aliphatic carbocycles. The minimum Gasteiger partial charge on any atom is -0.477 e. The first-order valence-electron chi connectivity index (χ1n) is 6.92. The third kappa shape index (κ3) is 2.92. The van der Waals surface area contributed by atoms with Crippen LogP contribution in [-0.2, 0) is 11.3 Å². The predicted octanol–water partition coefficient (Wildman–Crippen LogP) is 3.01. The summed E-state index contributed by atoms with van der Waals surface area (Å²) in [5.74, 6) is -1.38. The lowest BCUT2D eigenvalue weighted by atomic mass is 10.1. The standard InChI is InChI=1S/C15H16FNO3S/c16-11-4-1-5-12-13(11)10(14(21-12)15(18)19)8-17-7-9-3-2-6-20-9/h1,4-5,9,17H,2-3,6-8H2,(H,18,19). The number of benzene rings is 1. The maximum atomic E-state index is 14.0. The Morgan fingerprint density at radius 3 is 3.10 bits per heavy atom. The molecule has 1 atom stereocenters. The van der Waals surface area contributed by atoms with Crippen LogP contribution in [0.3, 0.4) is 0 Å². The van der Waals surface area contributed by atoms with Crippen molar-refractivity contribution >= 4 is 27.4 Å². The molecule has 0 saturated carbocycles. The van der Waals surface area contributed by atoms with Crippen molar-refractivity contribution in [2.24, 2.45) is 0 Å². The van der Waals surface area contributed by atoms with E-state index in [0.29, 0.717) is 28.7 Å². The van der Waals surface area contributed by atoms with Crippen LogP contribution in [0.2, 0.25) is 0 Å². The maximum Gasteiger partial charge on any atom is 0.346 e. The van der Waals surface area contributed by atoms with Crippen LogP contribution >= 0.6 is 11.3 Å². The minimum atomic E-state index is -1.01. The lowest BCUT2D eigenvalue weighted by Crippen LogP contribution is -2.26. The third-order valence-electron chi connectivity index (χ3n) is 3.66. The van der Waals surface area contributed by atoms with Crippen LogP contribution in [0.25, 0.3) is 10.1 Å². The van der Waals surface area contributed by atoms with E-state index in [9.17, 15) is 14.3 Å². The summed E-state index contributed by atoms with van der Waals surface area (Å²) in [4.78, 5) is 11.6. The fourth-order valence-electron chi connectivity index (χ4n) is 2.67. The van der Waals surface area contributed by atoms with E-state index in [4.69, 9.17) is 4.74 Å². The Balaban J connectivity index is 1.84. The first-order chi connectivity index (χ1) is 10.2. The largest absolute Gasteiger partial charge is 0.477 e. The molecule has 1 aliphatic heterocycles. The van der Waals surface area contributed by atoms with Crippen molar-refractivity contribution in [1.82, 2.24) is 5.32 Å². The fraction of sp³-hybridized carbons (Fsp3) is 0.400. The van der Waals surface area contributed by atoms with Crippen LogP contribution in [0.1, 0.15) is 28.1 Å². The number of aromatic carboxylic acids is 1. The quantitative estimate of drug-likeness (QED) is 0.891. The van der Waals surface area contributed by atoms with E-state index in [-0.39, 0.29) is 16.8 Å². The highest BCUT2D eigenvalue weighted by atomic mass is 32.1. The molecule has 1 unspecified atom stereocenters. The van der Waals surface area contributed by atoms with Gasteiger partial charge in [0.15, 0.2) is 0 Å². The van der Waals surface area contributed by atoms with Crippen molar-refractivity contribution in [3.8, 4) is 0 Å². The molecule has 0 spiro atoms. The molecule has 0 amide bonds. The van der Waals surface area contributed by atoms with E-state index in [2.05, 4.69) is 5.32 Å². The van der Waals surface area contributed by atoms with E-state index in [1.165, 1.54) is 6.07 Å². The molecule has 4 nitrogen and oxygen atoms in total. The van der Waals surface area contributed by atoms with Crippen molar-refractivity contribution in [1.29, 1.82) is 0 Å². The molecule has 21 heavy (non-hydrogen) atoms. The van der Waals surface area contributed by atoms with Crippen LogP contribution in [0.5, 0.6) is 0 Å². The average Bonchev–Trinajstić information content (AvgIpc) is 3.07. The van der Waals surface area contributed by atoms with Crippen LogP contribution in [0.4, 0.5) is 4.39 Å². The molecule has 1 aromatic heterocycles. The Labute approximate surface area is 125 Å². The SMILES string of the molecule is O=C(O)c1sc2cccc(F)c2c1CNCC1CCCO1. The van der Waals surface area contributed by atoms with Crippen LogP contribution in [-0.4, -0.2) is 30.3 Å². The molecule has 1 aromatic carbocycles. The highest BCUT2D eigenvalue weighted by Crippen LogP contribution is 2.33. The van der Waals surface area contributed by atoms with E-state index in [1.807, 2.05) is 0 Å². The third-order valence-corrected chi connectivity index (χ3v) is 4.84. The number of hydrogen-bond donors (Lipinski definition) is 2. The zero-order valence-corrected chi connectivity index (χ0v) is 12.2. The molecule has 1 fully saturated rings. The van der Waals surface area contributed by atoms with Crippen molar-refractivity contribution in [2.45, 2.75) is 25.5 Å². The second kappa shape index (κ2) is 6.09. The molecule has 2 N–H and O–H groups in total. The monoisotopic (exact) mass is 309 g/mol. The molecular formula is C15H16FNO3S. The number of carboxylic acids is 1. The highest BCUT2D eigenvalue weighted by Gasteiger charge is 2.21. The van der Waals surface area contributed by atoms with E-state index in [0.717, 1.165) is 30.8 Å². The number of carboxylic acid groups (broad SMARTS) is 1. The van der Waals surface area contributed by atoms with E-state index < -0.39 is 5.97 Å². The highest BCUT2D eigenvalue weighted by molar-refractivity contribution is 7.21. The van der Waals surface area contributed by atoms with Gasteiger partial charge in [0.25, 0.3) is 0 Å². The zero-order valence-electron chi connectivity index (χ0n) is 11.4. The predicted molar refractivity (Wildman–Crippen MR) is 79.4 cm³/mol. The number of carbonyl (C=O) groups is 1. The van der Waals surface area contributed by atoms with Crippen LogP contribution in [0.15, 0.2) is 18.2 Å². The Morgan fingerprint density at radius 2 is 2.38 bits per heavy atom. The lowest BCUT2D eigenvalue weighted by Gasteiger charge is -2.11. The number of halogens is 1. The molecule has 0 radical (unpaired) electrons. The van der Waals surface area contributed by atoms with Gasteiger partial charge >= 0.3 is 5.97 Å². The molecule has 2 aromatic rings. The van der Waals surface area contributed by atoms with Crippen LogP contribution in [0, 0.1) is 5.82 Å². The summed E-state index contributed by atoms with van der Waals surface area (Å²) >= 11 is 1.12. The van der Waals surface area contributed by atoms with Gasteiger partial charge in [0.05, 0.1) is 6.10 Å². The Bertz CT molecular complexity index is 664. The molecule has 3 rings (SSSR count). The second-order valence-electron chi connectivity index (χ2n) is 5.09. The Kier molecular flexibility index (Phi) is 4.19. The summed E-state index contributed by atoms with van der Waals surface area (Å²) < 4.78 is 20.2. The maximum absolute atomic E-state index is 14.0. The topological polar surface area (TPSA) is 58.6 Å². The number of fused-ring (bicyclic) bond motifs is 1. The summed E-state index contributed by atoms with van der Waals surface area (Å²) in [5.41, 5.74) is 0.526.